The van der Waals surface area contributed by atoms with Crippen molar-refractivity contribution in [2.75, 3.05) is 13.7 Å². The van der Waals surface area contributed by atoms with Crippen molar-refractivity contribution in [2.45, 2.75) is 12.8 Å². The maximum atomic E-state index is 5.69. The highest BCUT2D eigenvalue weighted by atomic mass is 16.5. The maximum absolute atomic E-state index is 5.69. The van der Waals surface area contributed by atoms with E-state index in [1.165, 1.54) is 0 Å². The molecule has 2 N–H and O–H groups in total. The summed E-state index contributed by atoms with van der Waals surface area (Å²) in [7, 11) is 1.61. The topological polar surface area (TPSA) is 70.3 Å². The van der Waals surface area contributed by atoms with Crippen LogP contribution < -0.4 is 15.2 Å². The standard InChI is InChI=1S/C14H17N3O2/c1-18-12-5-2-3-6-13(12)19-11-9-16-14(17-10-11)7-4-8-15/h2-3,5-6,9-10H,4,7-8,15H2,1H3. The van der Waals surface area contributed by atoms with Crippen molar-refractivity contribution >= 4 is 0 Å². The van der Waals surface area contributed by atoms with Crippen molar-refractivity contribution in [3.05, 3.63) is 42.5 Å². The van der Waals surface area contributed by atoms with Gasteiger partial charge in [0.25, 0.3) is 0 Å². The summed E-state index contributed by atoms with van der Waals surface area (Å²) in [5.74, 6) is 2.68. The molecular formula is C14H17N3O2. The molecule has 0 amide bonds. The van der Waals surface area contributed by atoms with E-state index >= 15 is 0 Å². The minimum absolute atomic E-state index is 0.584. The summed E-state index contributed by atoms with van der Waals surface area (Å²) in [6.07, 6.45) is 4.98. The van der Waals surface area contributed by atoms with Crippen LogP contribution in [0.2, 0.25) is 0 Å². The van der Waals surface area contributed by atoms with Crippen LogP contribution in [0, 0.1) is 0 Å². The number of rotatable bonds is 6. The SMILES string of the molecule is COc1ccccc1Oc1cnc(CCCN)nc1. The smallest absolute Gasteiger partial charge is 0.169 e. The molecule has 0 aliphatic carbocycles. The van der Waals surface area contributed by atoms with Gasteiger partial charge in [-0.25, -0.2) is 9.97 Å². The molecule has 5 nitrogen and oxygen atoms in total. The van der Waals surface area contributed by atoms with Gasteiger partial charge in [0.15, 0.2) is 17.2 Å². The number of nitrogens with zero attached hydrogens (tertiary/aromatic N) is 2. The molecule has 1 aromatic heterocycles. The highest BCUT2D eigenvalue weighted by Crippen LogP contribution is 2.30. The number of aryl methyl sites for hydroxylation is 1. The lowest BCUT2D eigenvalue weighted by molar-refractivity contribution is 0.377. The Labute approximate surface area is 112 Å². The van der Waals surface area contributed by atoms with E-state index in [-0.39, 0.29) is 0 Å². The molecule has 2 aromatic rings. The Morgan fingerprint density at radius 3 is 2.42 bits per heavy atom. The third-order valence-corrected chi connectivity index (χ3v) is 2.58. The fourth-order valence-corrected chi connectivity index (χ4v) is 1.61. The van der Waals surface area contributed by atoms with E-state index in [4.69, 9.17) is 15.2 Å². The third kappa shape index (κ3) is 3.66. The zero-order valence-corrected chi connectivity index (χ0v) is 10.9. The molecule has 5 heteroatoms. The van der Waals surface area contributed by atoms with Crippen LogP contribution in [0.3, 0.4) is 0 Å². The zero-order chi connectivity index (χ0) is 13.5. The van der Waals surface area contributed by atoms with Crippen LogP contribution in [0.5, 0.6) is 17.2 Å². The van der Waals surface area contributed by atoms with Crippen LogP contribution in [0.1, 0.15) is 12.2 Å². The number of para-hydroxylation sites is 2. The van der Waals surface area contributed by atoms with Crippen molar-refractivity contribution < 1.29 is 9.47 Å². The first-order valence-corrected chi connectivity index (χ1v) is 6.15. The first kappa shape index (κ1) is 13.3. The molecule has 0 aliphatic rings. The molecule has 0 radical (unpaired) electrons. The van der Waals surface area contributed by atoms with Gasteiger partial charge in [-0.1, -0.05) is 12.1 Å². The van der Waals surface area contributed by atoms with Gasteiger partial charge in [-0.15, -0.1) is 0 Å². The Kier molecular flexibility index (Phi) is 4.69. The molecule has 0 aliphatic heterocycles. The summed E-state index contributed by atoms with van der Waals surface area (Å²) in [5, 5.41) is 0. The van der Waals surface area contributed by atoms with Crippen molar-refractivity contribution in [1.82, 2.24) is 9.97 Å². The Hall–Kier alpha value is -2.14. The second-order valence-electron chi connectivity index (χ2n) is 3.98. The molecule has 0 spiro atoms. The first-order chi connectivity index (χ1) is 9.33. The van der Waals surface area contributed by atoms with E-state index in [2.05, 4.69) is 9.97 Å². The third-order valence-electron chi connectivity index (χ3n) is 2.58. The summed E-state index contributed by atoms with van der Waals surface area (Å²) >= 11 is 0. The Balaban J connectivity index is 2.06. The summed E-state index contributed by atoms with van der Waals surface area (Å²) in [6, 6.07) is 7.44. The molecule has 0 bridgehead atoms. The van der Waals surface area contributed by atoms with Gasteiger partial charge in [-0.2, -0.15) is 0 Å². The molecule has 19 heavy (non-hydrogen) atoms. The van der Waals surface area contributed by atoms with Crippen LogP contribution in [0.15, 0.2) is 36.7 Å². The van der Waals surface area contributed by atoms with Crippen LogP contribution >= 0.6 is 0 Å². The highest BCUT2D eigenvalue weighted by molar-refractivity contribution is 5.41. The van der Waals surface area contributed by atoms with Gasteiger partial charge >= 0.3 is 0 Å². The monoisotopic (exact) mass is 259 g/mol. The lowest BCUT2D eigenvalue weighted by atomic mass is 10.3. The summed E-state index contributed by atoms with van der Waals surface area (Å²) in [6.45, 7) is 0.642. The lowest BCUT2D eigenvalue weighted by Crippen LogP contribution is -2.03. The Morgan fingerprint density at radius 2 is 1.79 bits per heavy atom. The average molecular weight is 259 g/mol. The molecule has 0 atom stereocenters. The summed E-state index contributed by atoms with van der Waals surface area (Å²) < 4.78 is 10.9. The molecule has 2 rings (SSSR count). The Bertz CT molecular complexity index is 514. The van der Waals surface area contributed by atoms with E-state index in [0.29, 0.717) is 23.8 Å². The normalized spacial score (nSPS) is 10.2. The molecule has 0 unspecified atom stereocenters. The quantitative estimate of drug-likeness (QED) is 0.860. The molecule has 1 heterocycles. The van der Waals surface area contributed by atoms with E-state index in [1.54, 1.807) is 19.5 Å². The van der Waals surface area contributed by atoms with Crippen LogP contribution in [-0.4, -0.2) is 23.6 Å². The largest absolute Gasteiger partial charge is 0.493 e. The lowest BCUT2D eigenvalue weighted by Gasteiger charge is -2.09. The van der Waals surface area contributed by atoms with E-state index < -0.39 is 0 Å². The van der Waals surface area contributed by atoms with Crippen molar-refractivity contribution in [1.29, 1.82) is 0 Å². The second kappa shape index (κ2) is 6.70. The summed E-state index contributed by atoms with van der Waals surface area (Å²) in [5.41, 5.74) is 5.45. The van der Waals surface area contributed by atoms with Gasteiger partial charge in [0.05, 0.1) is 19.5 Å². The van der Waals surface area contributed by atoms with Crippen LogP contribution in [0.25, 0.3) is 0 Å². The van der Waals surface area contributed by atoms with E-state index in [1.807, 2.05) is 24.3 Å². The number of nitrogens with two attached hydrogens (primary N) is 1. The average Bonchev–Trinajstić information content (AvgIpc) is 2.47. The second-order valence-corrected chi connectivity index (χ2v) is 3.98. The predicted octanol–water partition coefficient (Wildman–Crippen LogP) is 2.17. The Morgan fingerprint density at radius 1 is 1.11 bits per heavy atom. The molecule has 1 aromatic carbocycles. The number of hydrogen-bond acceptors (Lipinski definition) is 5. The molecule has 100 valence electrons. The molecule has 0 saturated heterocycles. The number of methoxy groups -OCH3 is 1. The van der Waals surface area contributed by atoms with Gasteiger partial charge < -0.3 is 15.2 Å². The van der Waals surface area contributed by atoms with E-state index in [0.717, 1.165) is 18.7 Å². The van der Waals surface area contributed by atoms with Gasteiger partial charge in [0, 0.05) is 6.42 Å². The number of aromatic nitrogens is 2. The minimum atomic E-state index is 0.584. The fraction of sp³-hybridized carbons (Fsp3) is 0.286. The van der Waals surface area contributed by atoms with Crippen LogP contribution in [0.4, 0.5) is 0 Å². The molecule has 0 fully saturated rings. The first-order valence-electron chi connectivity index (χ1n) is 6.15. The number of hydrogen-bond donors (Lipinski definition) is 1. The van der Waals surface area contributed by atoms with Crippen LogP contribution in [-0.2, 0) is 6.42 Å². The summed E-state index contributed by atoms with van der Waals surface area (Å²) in [4.78, 5) is 8.47. The van der Waals surface area contributed by atoms with Crippen molar-refractivity contribution in [3.63, 3.8) is 0 Å². The molecular weight excluding hydrogens is 242 g/mol. The fourth-order valence-electron chi connectivity index (χ4n) is 1.61. The molecule has 0 saturated carbocycles. The maximum Gasteiger partial charge on any atom is 0.169 e. The predicted molar refractivity (Wildman–Crippen MR) is 72.5 cm³/mol. The van der Waals surface area contributed by atoms with Gasteiger partial charge in [0.2, 0.25) is 0 Å². The zero-order valence-electron chi connectivity index (χ0n) is 10.9. The number of ether oxygens (including phenoxy) is 2. The van der Waals surface area contributed by atoms with Crippen molar-refractivity contribution in [2.24, 2.45) is 5.73 Å². The van der Waals surface area contributed by atoms with Gasteiger partial charge in [-0.3, -0.25) is 0 Å². The number of benzene rings is 1. The van der Waals surface area contributed by atoms with E-state index in [9.17, 15) is 0 Å². The van der Waals surface area contributed by atoms with Gasteiger partial charge in [0.1, 0.15) is 5.82 Å². The van der Waals surface area contributed by atoms with Crippen molar-refractivity contribution in [3.8, 4) is 17.2 Å². The highest BCUT2D eigenvalue weighted by Gasteiger charge is 2.05. The van der Waals surface area contributed by atoms with Gasteiger partial charge in [-0.05, 0) is 25.1 Å². The minimum Gasteiger partial charge on any atom is -0.493 e.